The minimum absolute atomic E-state index is 0.509. The molecule has 0 bridgehead atoms. The number of aliphatic hydroxyl groups is 1. The van der Waals surface area contributed by atoms with Crippen molar-refractivity contribution in [2.45, 2.75) is 70.6 Å². The summed E-state index contributed by atoms with van der Waals surface area (Å²) in [7, 11) is 0. The monoisotopic (exact) mass is 338 g/mol. The molecule has 3 nitrogen and oxygen atoms in total. The van der Waals surface area contributed by atoms with Crippen molar-refractivity contribution >= 4 is 17.3 Å². The number of halogens is 1. The van der Waals surface area contributed by atoms with E-state index in [4.69, 9.17) is 11.6 Å². The number of nitrogens with zero attached hydrogens (tertiary/aromatic N) is 1. The van der Waals surface area contributed by atoms with Gasteiger partial charge in [-0.3, -0.25) is 0 Å². The van der Waals surface area contributed by atoms with Crippen molar-refractivity contribution in [3.8, 4) is 0 Å². The highest BCUT2D eigenvalue weighted by Crippen LogP contribution is 2.28. The Morgan fingerprint density at radius 2 is 1.96 bits per heavy atom. The molecule has 1 fully saturated rings. The standard InChI is InChI=1S/C19H31ClN2O/c1-15(7-6-12-19(2,3)23)21-16-10-13-22(14-11-16)18-9-5-4-8-17(18)20/h4-5,8-9,15-16,21,23H,6-7,10-14H2,1-3H3/t15-/m0/s1. The Balaban J connectivity index is 1.71. The fourth-order valence-electron chi connectivity index (χ4n) is 3.32. The Hall–Kier alpha value is -0.770. The van der Waals surface area contributed by atoms with Crippen molar-refractivity contribution < 1.29 is 5.11 Å². The van der Waals surface area contributed by atoms with E-state index in [2.05, 4.69) is 29.3 Å². The van der Waals surface area contributed by atoms with Gasteiger partial charge in [-0.25, -0.2) is 0 Å². The van der Waals surface area contributed by atoms with Gasteiger partial charge < -0.3 is 15.3 Å². The quantitative estimate of drug-likeness (QED) is 0.781. The summed E-state index contributed by atoms with van der Waals surface area (Å²) in [6.45, 7) is 8.13. The largest absolute Gasteiger partial charge is 0.390 e. The van der Waals surface area contributed by atoms with Gasteiger partial charge in [0.2, 0.25) is 0 Å². The fraction of sp³-hybridized carbons (Fsp3) is 0.684. The van der Waals surface area contributed by atoms with Gasteiger partial charge in [0.25, 0.3) is 0 Å². The van der Waals surface area contributed by atoms with Crippen LogP contribution in [0.1, 0.15) is 52.9 Å². The fourth-order valence-corrected chi connectivity index (χ4v) is 3.58. The van der Waals surface area contributed by atoms with Crippen molar-refractivity contribution in [1.29, 1.82) is 0 Å². The molecule has 0 aliphatic carbocycles. The zero-order chi connectivity index (χ0) is 16.9. The Bertz CT molecular complexity index is 479. The van der Waals surface area contributed by atoms with Crippen LogP contribution in [0.15, 0.2) is 24.3 Å². The van der Waals surface area contributed by atoms with E-state index in [1.807, 2.05) is 26.0 Å². The second-order valence-corrected chi connectivity index (χ2v) is 7.89. The van der Waals surface area contributed by atoms with Crippen LogP contribution in [0, 0.1) is 0 Å². The first-order valence-electron chi connectivity index (χ1n) is 8.83. The first-order chi connectivity index (χ1) is 10.8. The number of para-hydroxylation sites is 1. The van der Waals surface area contributed by atoms with E-state index < -0.39 is 5.60 Å². The molecule has 4 heteroatoms. The van der Waals surface area contributed by atoms with E-state index in [9.17, 15) is 5.11 Å². The predicted octanol–water partition coefficient (Wildman–Crippen LogP) is 4.23. The molecular weight excluding hydrogens is 308 g/mol. The third-order valence-electron chi connectivity index (χ3n) is 4.63. The van der Waals surface area contributed by atoms with E-state index in [-0.39, 0.29) is 0 Å². The summed E-state index contributed by atoms with van der Waals surface area (Å²) in [5, 5.41) is 14.4. The Kier molecular flexibility index (Phi) is 6.75. The van der Waals surface area contributed by atoms with Crippen LogP contribution in [-0.2, 0) is 0 Å². The van der Waals surface area contributed by atoms with E-state index >= 15 is 0 Å². The minimum atomic E-state index is -0.542. The third-order valence-corrected chi connectivity index (χ3v) is 4.95. The number of anilines is 1. The molecule has 1 aromatic rings. The topological polar surface area (TPSA) is 35.5 Å². The lowest BCUT2D eigenvalue weighted by molar-refractivity contribution is 0.0673. The molecule has 0 spiro atoms. The third kappa shape index (κ3) is 6.33. The van der Waals surface area contributed by atoms with Crippen LogP contribution in [0.2, 0.25) is 5.02 Å². The summed E-state index contributed by atoms with van der Waals surface area (Å²) in [5.41, 5.74) is 0.617. The molecule has 0 amide bonds. The van der Waals surface area contributed by atoms with Crippen molar-refractivity contribution in [2.24, 2.45) is 0 Å². The number of nitrogens with one attached hydrogen (secondary N) is 1. The van der Waals surface area contributed by atoms with Crippen LogP contribution in [0.5, 0.6) is 0 Å². The van der Waals surface area contributed by atoms with Gasteiger partial charge in [-0.2, -0.15) is 0 Å². The SMILES string of the molecule is C[C@@H](CCCC(C)(C)O)NC1CCN(c2ccccc2Cl)CC1. The molecule has 1 aromatic carbocycles. The number of piperidine rings is 1. The molecule has 1 aliphatic heterocycles. The number of rotatable bonds is 7. The second-order valence-electron chi connectivity index (χ2n) is 7.49. The molecule has 1 saturated heterocycles. The summed E-state index contributed by atoms with van der Waals surface area (Å²) >= 11 is 6.29. The molecule has 1 aliphatic rings. The summed E-state index contributed by atoms with van der Waals surface area (Å²) in [4.78, 5) is 2.39. The molecule has 1 heterocycles. The van der Waals surface area contributed by atoms with Gasteiger partial charge in [0.05, 0.1) is 16.3 Å². The van der Waals surface area contributed by atoms with E-state index in [1.165, 1.54) is 0 Å². The molecule has 130 valence electrons. The van der Waals surface area contributed by atoms with Crippen LogP contribution in [-0.4, -0.2) is 35.9 Å². The first-order valence-corrected chi connectivity index (χ1v) is 9.21. The summed E-state index contributed by atoms with van der Waals surface area (Å²) in [5.74, 6) is 0. The first kappa shape index (κ1) is 18.6. The second kappa shape index (κ2) is 8.36. The summed E-state index contributed by atoms with van der Waals surface area (Å²) in [6, 6.07) is 9.20. The van der Waals surface area contributed by atoms with Gasteiger partial charge in [0.15, 0.2) is 0 Å². The Morgan fingerprint density at radius 3 is 2.57 bits per heavy atom. The van der Waals surface area contributed by atoms with Crippen LogP contribution >= 0.6 is 11.6 Å². The maximum atomic E-state index is 9.78. The smallest absolute Gasteiger partial charge is 0.0639 e. The van der Waals surface area contributed by atoms with Crippen LogP contribution < -0.4 is 10.2 Å². The molecular formula is C19H31ClN2O. The normalized spacial score (nSPS) is 18.2. The zero-order valence-electron chi connectivity index (χ0n) is 14.7. The van der Waals surface area contributed by atoms with Crippen LogP contribution in [0.25, 0.3) is 0 Å². The van der Waals surface area contributed by atoms with Crippen LogP contribution in [0.3, 0.4) is 0 Å². The van der Waals surface area contributed by atoms with Gasteiger partial charge in [-0.15, -0.1) is 0 Å². The lowest BCUT2D eigenvalue weighted by Gasteiger charge is -2.35. The van der Waals surface area contributed by atoms with Gasteiger partial charge in [-0.05, 0) is 65.0 Å². The summed E-state index contributed by atoms with van der Waals surface area (Å²) < 4.78 is 0. The zero-order valence-corrected chi connectivity index (χ0v) is 15.4. The summed E-state index contributed by atoms with van der Waals surface area (Å²) in [6.07, 6.45) is 5.36. The number of benzene rings is 1. The van der Waals surface area contributed by atoms with Crippen molar-refractivity contribution in [3.63, 3.8) is 0 Å². The molecule has 0 unspecified atom stereocenters. The van der Waals surface area contributed by atoms with Gasteiger partial charge in [-0.1, -0.05) is 23.7 Å². The average molecular weight is 339 g/mol. The molecule has 0 saturated carbocycles. The highest BCUT2D eigenvalue weighted by atomic mass is 35.5. The Morgan fingerprint density at radius 1 is 1.30 bits per heavy atom. The highest BCUT2D eigenvalue weighted by Gasteiger charge is 2.22. The number of hydrogen-bond donors (Lipinski definition) is 2. The lowest BCUT2D eigenvalue weighted by atomic mass is 9.98. The highest BCUT2D eigenvalue weighted by molar-refractivity contribution is 6.33. The van der Waals surface area contributed by atoms with Crippen molar-refractivity contribution in [3.05, 3.63) is 29.3 Å². The van der Waals surface area contributed by atoms with E-state index in [1.54, 1.807) is 0 Å². The van der Waals surface area contributed by atoms with Gasteiger partial charge in [0, 0.05) is 25.2 Å². The predicted molar refractivity (Wildman–Crippen MR) is 99.4 cm³/mol. The molecule has 23 heavy (non-hydrogen) atoms. The molecule has 0 radical (unpaired) electrons. The average Bonchev–Trinajstić information content (AvgIpc) is 2.47. The maximum absolute atomic E-state index is 9.78. The van der Waals surface area contributed by atoms with Gasteiger partial charge in [0.1, 0.15) is 0 Å². The lowest BCUT2D eigenvalue weighted by Crippen LogP contribution is -2.45. The van der Waals surface area contributed by atoms with Gasteiger partial charge >= 0.3 is 0 Å². The minimum Gasteiger partial charge on any atom is -0.390 e. The molecule has 1 atom stereocenters. The maximum Gasteiger partial charge on any atom is 0.0639 e. The van der Waals surface area contributed by atoms with Crippen LogP contribution in [0.4, 0.5) is 5.69 Å². The van der Waals surface area contributed by atoms with Crippen molar-refractivity contribution in [1.82, 2.24) is 5.32 Å². The number of hydrogen-bond acceptors (Lipinski definition) is 3. The van der Waals surface area contributed by atoms with E-state index in [0.717, 1.165) is 55.9 Å². The Labute approximate surface area is 146 Å². The molecule has 2 rings (SSSR count). The van der Waals surface area contributed by atoms with E-state index in [0.29, 0.717) is 12.1 Å². The molecule has 2 N–H and O–H groups in total. The van der Waals surface area contributed by atoms with Crippen molar-refractivity contribution in [2.75, 3.05) is 18.0 Å². The molecule has 0 aromatic heterocycles.